The average Bonchev–Trinajstić information content (AvgIpc) is 2.74. The summed E-state index contributed by atoms with van der Waals surface area (Å²) < 4.78 is 11.5. The fourth-order valence-electron chi connectivity index (χ4n) is 3.04. The zero-order valence-corrected chi connectivity index (χ0v) is 13.2. The highest BCUT2D eigenvalue weighted by molar-refractivity contribution is 7.98. The first-order valence-electron chi connectivity index (χ1n) is 6.92. The van der Waals surface area contributed by atoms with Gasteiger partial charge in [-0.3, -0.25) is 4.79 Å². The molecule has 19 heavy (non-hydrogen) atoms. The highest BCUT2D eigenvalue weighted by atomic mass is 32.2. The molecule has 0 saturated carbocycles. The fourth-order valence-corrected chi connectivity index (χ4v) is 3.88. The third-order valence-electron chi connectivity index (χ3n) is 3.85. The lowest BCUT2D eigenvalue weighted by Gasteiger charge is -2.45. The Labute approximate surface area is 120 Å². The maximum atomic E-state index is 12.7. The molecule has 0 aliphatic carbocycles. The van der Waals surface area contributed by atoms with Crippen LogP contribution >= 0.6 is 11.8 Å². The summed E-state index contributed by atoms with van der Waals surface area (Å²) in [5, 5.41) is 0. The normalized spacial score (nSPS) is 32.0. The standard InChI is InChI=1S/C14H25NO3S/c1-11-7-15(12(16)13(2,3)10-19-4)8-14(18-11)5-6-17-9-14/h11H,5-10H2,1-4H3/t11-,14-/m0/s1. The molecule has 0 aromatic carbocycles. The molecule has 1 spiro atoms. The van der Waals surface area contributed by atoms with E-state index in [9.17, 15) is 4.79 Å². The van der Waals surface area contributed by atoms with E-state index in [4.69, 9.17) is 9.47 Å². The SMILES string of the molecule is CSCC(C)(C)C(=O)N1C[C@H](C)O[C@@]2(CCOC2)C1. The Kier molecular flexibility index (Phi) is 4.48. The number of hydrogen-bond acceptors (Lipinski definition) is 4. The van der Waals surface area contributed by atoms with Crippen molar-refractivity contribution in [3.8, 4) is 0 Å². The van der Waals surface area contributed by atoms with Crippen molar-refractivity contribution in [2.45, 2.75) is 38.9 Å². The molecule has 0 N–H and O–H groups in total. The van der Waals surface area contributed by atoms with Crippen LogP contribution in [0.5, 0.6) is 0 Å². The molecule has 110 valence electrons. The fraction of sp³-hybridized carbons (Fsp3) is 0.929. The van der Waals surface area contributed by atoms with Gasteiger partial charge in [-0.15, -0.1) is 0 Å². The van der Waals surface area contributed by atoms with Gasteiger partial charge >= 0.3 is 0 Å². The van der Waals surface area contributed by atoms with Gasteiger partial charge in [0.2, 0.25) is 5.91 Å². The van der Waals surface area contributed by atoms with Crippen LogP contribution < -0.4 is 0 Å². The molecule has 0 bridgehead atoms. The first-order chi connectivity index (χ1) is 8.88. The lowest BCUT2D eigenvalue weighted by molar-refractivity contribution is -0.171. The summed E-state index contributed by atoms with van der Waals surface area (Å²) in [6, 6.07) is 0. The Balaban J connectivity index is 2.09. The van der Waals surface area contributed by atoms with Gasteiger partial charge in [0.25, 0.3) is 0 Å². The van der Waals surface area contributed by atoms with E-state index in [1.54, 1.807) is 11.8 Å². The van der Waals surface area contributed by atoms with Gasteiger partial charge in [0.1, 0.15) is 5.60 Å². The Morgan fingerprint density at radius 1 is 1.53 bits per heavy atom. The van der Waals surface area contributed by atoms with Crippen molar-refractivity contribution in [3.63, 3.8) is 0 Å². The monoisotopic (exact) mass is 287 g/mol. The van der Waals surface area contributed by atoms with E-state index in [1.165, 1.54) is 0 Å². The molecule has 5 heteroatoms. The minimum Gasteiger partial charge on any atom is -0.378 e. The van der Waals surface area contributed by atoms with Crippen LogP contribution in [0.3, 0.4) is 0 Å². The molecule has 4 nitrogen and oxygen atoms in total. The van der Waals surface area contributed by atoms with Gasteiger partial charge in [-0.25, -0.2) is 0 Å². The second kappa shape index (κ2) is 5.62. The molecular formula is C14H25NO3S. The molecule has 2 saturated heterocycles. The number of morpholine rings is 1. The second-order valence-corrected chi connectivity index (χ2v) is 7.28. The third kappa shape index (κ3) is 3.26. The van der Waals surface area contributed by atoms with Gasteiger partial charge in [0, 0.05) is 25.3 Å². The molecule has 2 heterocycles. The van der Waals surface area contributed by atoms with Crippen molar-refractivity contribution < 1.29 is 14.3 Å². The Morgan fingerprint density at radius 2 is 2.26 bits per heavy atom. The summed E-state index contributed by atoms with van der Waals surface area (Å²) in [7, 11) is 0. The number of nitrogens with zero attached hydrogens (tertiary/aromatic N) is 1. The van der Waals surface area contributed by atoms with E-state index in [-0.39, 0.29) is 23.0 Å². The molecule has 2 fully saturated rings. The summed E-state index contributed by atoms with van der Waals surface area (Å²) in [6.07, 6.45) is 3.03. The largest absolute Gasteiger partial charge is 0.378 e. The maximum absolute atomic E-state index is 12.7. The number of amides is 1. The van der Waals surface area contributed by atoms with Gasteiger partial charge in [-0.1, -0.05) is 13.8 Å². The highest BCUT2D eigenvalue weighted by Gasteiger charge is 2.46. The first kappa shape index (κ1) is 15.1. The summed E-state index contributed by atoms with van der Waals surface area (Å²) in [6.45, 7) is 8.83. The smallest absolute Gasteiger partial charge is 0.229 e. The summed E-state index contributed by atoms with van der Waals surface area (Å²) in [4.78, 5) is 14.7. The van der Waals surface area contributed by atoms with Gasteiger partial charge in [-0.2, -0.15) is 11.8 Å². The van der Waals surface area contributed by atoms with E-state index >= 15 is 0 Å². The number of ether oxygens (including phenoxy) is 2. The van der Waals surface area contributed by atoms with Crippen molar-refractivity contribution in [3.05, 3.63) is 0 Å². The van der Waals surface area contributed by atoms with E-state index in [0.29, 0.717) is 19.7 Å². The van der Waals surface area contributed by atoms with Crippen LogP contribution in [0.4, 0.5) is 0 Å². The van der Waals surface area contributed by atoms with Crippen molar-refractivity contribution in [2.75, 3.05) is 38.3 Å². The van der Waals surface area contributed by atoms with Crippen LogP contribution in [0.25, 0.3) is 0 Å². The Bertz CT molecular complexity index is 340. The quantitative estimate of drug-likeness (QED) is 0.793. The molecule has 0 radical (unpaired) electrons. The molecule has 2 aliphatic rings. The van der Waals surface area contributed by atoms with Gasteiger partial charge < -0.3 is 14.4 Å². The summed E-state index contributed by atoms with van der Waals surface area (Å²) in [5.41, 5.74) is -0.570. The molecule has 2 rings (SSSR count). The molecule has 2 aliphatic heterocycles. The van der Waals surface area contributed by atoms with E-state index < -0.39 is 0 Å². The Morgan fingerprint density at radius 3 is 2.84 bits per heavy atom. The van der Waals surface area contributed by atoms with Crippen LogP contribution in [-0.2, 0) is 14.3 Å². The number of thioether (sulfide) groups is 1. The minimum absolute atomic E-state index is 0.0875. The highest BCUT2D eigenvalue weighted by Crippen LogP contribution is 2.32. The first-order valence-corrected chi connectivity index (χ1v) is 8.32. The maximum Gasteiger partial charge on any atom is 0.229 e. The van der Waals surface area contributed by atoms with E-state index in [1.807, 2.05) is 31.9 Å². The van der Waals surface area contributed by atoms with Crippen molar-refractivity contribution in [1.29, 1.82) is 0 Å². The van der Waals surface area contributed by atoms with Gasteiger partial charge in [-0.05, 0) is 13.2 Å². The molecule has 0 unspecified atom stereocenters. The number of rotatable bonds is 3. The molecule has 0 aromatic heterocycles. The van der Waals surface area contributed by atoms with Crippen LogP contribution in [-0.4, -0.2) is 60.8 Å². The molecular weight excluding hydrogens is 262 g/mol. The molecule has 1 amide bonds. The lowest BCUT2D eigenvalue weighted by atomic mass is 9.91. The van der Waals surface area contributed by atoms with E-state index in [0.717, 1.165) is 18.8 Å². The Hall–Kier alpha value is -0.260. The van der Waals surface area contributed by atoms with Crippen LogP contribution in [0.2, 0.25) is 0 Å². The zero-order valence-electron chi connectivity index (χ0n) is 12.4. The topological polar surface area (TPSA) is 38.8 Å². The van der Waals surface area contributed by atoms with Crippen LogP contribution in [0.15, 0.2) is 0 Å². The average molecular weight is 287 g/mol. The summed E-state index contributed by atoms with van der Waals surface area (Å²) in [5.74, 6) is 1.09. The predicted molar refractivity (Wildman–Crippen MR) is 77.5 cm³/mol. The summed E-state index contributed by atoms with van der Waals surface area (Å²) >= 11 is 1.72. The van der Waals surface area contributed by atoms with Gasteiger partial charge in [0.05, 0.1) is 24.7 Å². The number of carbonyl (C=O) groups excluding carboxylic acids is 1. The number of hydrogen-bond donors (Lipinski definition) is 0. The zero-order chi connectivity index (χ0) is 14.1. The second-order valence-electron chi connectivity index (χ2n) is 6.42. The number of carbonyl (C=O) groups is 1. The molecule has 2 atom stereocenters. The molecule has 0 aromatic rings. The minimum atomic E-state index is -0.308. The predicted octanol–water partition coefficient (Wildman–Crippen LogP) is 1.78. The van der Waals surface area contributed by atoms with Gasteiger partial charge in [0.15, 0.2) is 0 Å². The van der Waals surface area contributed by atoms with Crippen molar-refractivity contribution in [2.24, 2.45) is 5.41 Å². The van der Waals surface area contributed by atoms with Crippen molar-refractivity contribution in [1.82, 2.24) is 4.90 Å². The van der Waals surface area contributed by atoms with Crippen molar-refractivity contribution >= 4 is 17.7 Å². The van der Waals surface area contributed by atoms with Crippen LogP contribution in [0, 0.1) is 5.41 Å². The third-order valence-corrected chi connectivity index (χ3v) is 4.86. The van der Waals surface area contributed by atoms with Crippen LogP contribution in [0.1, 0.15) is 27.2 Å². The van der Waals surface area contributed by atoms with E-state index in [2.05, 4.69) is 0 Å². The lowest BCUT2D eigenvalue weighted by Crippen LogP contribution is -2.59.